The van der Waals surface area contributed by atoms with Gasteiger partial charge in [-0.2, -0.15) is 4.98 Å². The first kappa shape index (κ1) is 8.27. The predicted molar refractivity (Wildman–Crippen MR) is 43.9 cm³/mol. The van der Waals surface area contributed by atoms with Gasteiger partial charge in [-0.05, 0) is 19.9 Å². The minimum Gasteiger partial charge on any atom is -0.297 e. The molecule has 4 heteroatoms. The van der Waals surface area contributed by atoms with E-state index in [1.165, 1.54) is 4.57 Å². The van der Waals surface area contributed by atoms with Gasteiger partial charge in [-0.15, -0.1) is 0 Å². The lowest BCUT2D eigenvalue weighted by Gasteiger charge is -2.06. The van der Waals surface area contributed by atoms with Gasteiger partial charge in [0.1, 0.15) is 5.15 Å². The minimum atomic E-state index is -0.299. The van der Waals surface area contributed by atoms with Crippen molar-refractivity contribution in [1.82, 2.24) is 9.55 Å². The van der Waals surface area contributed by atoms with Crippen molar-refractivity contribution in [3.63, 3.8) is 0 Å². The van der Waals surface area contributed by atoms with Gasteiger partial charge >= 0.3 is 5.69 Å². The predicted octanol–water partition coefficient (Wildman–Crippen LogP) is 1.48. The van der Waals surface area contributed by atoms with Crippen molar-refractivity contribution in [2.45, 2.75) is 19.9 Å². The normalized spacial score (nSPS) is 10.5. The third kappa shape index (κ3) is 1.80. The molecule has 0 saturated carbocycles. The van der Waals surface area contributed by atoms with E-state index in [0.29, 0.717) is 0 Å². The summed E-state index contributed by atoms with van der Waals surface area (Å²) < 4.78 is 1.52. The molecule has 0 radical (unpaired) electrons. The molecule has 0 N–H and O–H groups in total. The van der Waals surface area contributed by atoms with Gasteiger partial charge in [0.2, 0.25) is 0 Å². The van der Waals surface area contributed by atoms with Crippen LogP contribution in [0.1, 0.15) is 19.9 Å². The van der Waals surface area contributed by atoms with Crippen LogP contribution in [0.15, 0.2) is 17.1 Å². The van der Waals surface area contributed by atoms with Gasteiger partial charge < -0.3 is 0 Å². The molecule has 0 saturated heterocycles. The highest BCUT2D eigenvalue weighted by atomic mass is 35.5. The van der Waals surface area contributed by atoms with E-state index < -0.39 is 0 Å². The third-order valence-electron chi connectivity index (χ3n) is 1.35. The summed E-state index contributed by atoms with van der Waals surface area (Å²) in [7, 11) is 0. The van der Waals surface area contributed by atoms with Crippen LogP contribution in [-0.4, -0.2) is 9.55 Å². The Bertz CT molecular complexity index is 306. The van der Waals surface area contributed by atoms with Gasteiger partial charge in [0, 0.05) is 12.2 Å². The van der Waals surface area contributed by atoms with Gasteiger partial charge in [-0.25, -0.2) is 4.79 Å². The first-order valence-corrected chi connectivity index (χ1v) is 3.73. The second-order valence-corrected chi connectivity index (χ2v) is 2.92. The lowest BCUT2D eigenvalue weighted by Crippen LogP contribution is -2.23. The number of aromatic nitrogens is 2. The first-order chi connectivity index (χ1) is 5.11. The topological polar surface area (TPSA) is 34.9 Å². The second kappa shape index (κ2) is 3.05. The number of hydrogen-bond acceptors (Lipinski definition) is 2. The molecule has 0 aliphatic heterocycles. The largest absolute Gasteiger partial charge is 0.349 e. The first-order valence-electron chi connectivity index (χ1n) is 3.36. The number of hydrogen-bond donors (Lipinski definition) is 0. The third-order valence-corrected chi connectivity index (χ3v) is 1.56. The van der Waals surface area contributed by atoms with Crippen LogP contribution in [0.3, 0.4) is 0 Å². The maximum Gasteiger partial charge on any atom is 0.349 e. The molecule has 60 valence electrons. The summed E-state index contributed by atoms with van der Waals surface area (Å²) in [4.78, 5) is 14.6. The Morgan fingerprint density at radius 1 is 1.64 bits per heavy atom. The maximum absolute atomic E-state index is 11.0. The molecular weight excluding hydrogens is 164 g/mol. The van der Waals surface area contributed by atoms with Crippen molar-refractivity contribution >= 4 is 11.6 Å². The Balaban J connectivity index is 3.21. The zero-order valence-electron chi connectivity index (χ0n) is 6.41. The molecule has 0 atom stereocenters. The van der Waals surface area contributed by atoms with Crippen LogP contribution in [0.5, 0.6) is 0 Å². The SMILES string of the molecule is CC(C)n1ccc(Cl)nc1=O. The standard InChI is InChI=1S/C7H9ClN2O/c1-5(2)10-4-3-6(8)9-7(10)11/h3-5H,1-2H3. The van der Waals surface area contributed by atoms with Crippen LogP contribution < -0.4 is 5.69 Å². The fraction of sp³-hybridized carbons (Fsp3) is 0.429. The van der Waals surface area contributed by atoms with Crippen LogP contribution in [0.2, 0.25) is 5.15 Å². The number of nitrogens with zero attached hydrogens (tertiary/aromatic N) is 2. The van der Waals surface area contributed by atoms with Gasteiger partial charge in [0.05, 0.1) is 0 Å². The molecule has 11 heavy (non-hydrogen) atoms. The summed E-state index contributed by atoms with van der Waals surface area (Å²) in [6.45, 7) is 3.83. The van der Waals surface area contributed by atoms with E-state index in [-0.39, 0.29) is 16.9 Å². The quantitative estimate of drug-likeness (QED) is 0.602. The molecule has 3 nitrogen and oxygen atoms in total. The van der Waals surface area contributed by atoms with Crippen LogP contribution in [0, 0.1) is 0 Å². The molecule has 0 fully saturated rings. The highest BCUT2D eigenvalue weighted by molar-refractivity contribution is 6.29. The van der Waals surface area contributed by atoms with Crippen molar-refractivity contribution in [2.24, 2.45) is 0 Å². The van der Waals surface area contributed by atoms with Crippen LogP contribution in [0.25, 0.3) is 0 Å². The summed E-state index contributed by atoms with van der Waals surface area (Å²) in [5.41, 5.74) is -0.299. The van der Waals surface area contributed by atoms with Crippen LogP contribution in [-0.2, 0) is 0 Å². The Hall–Kier alpha value is -0.830. The molecule has 0 aliphatic carbocycles. The van der Waals surface area contributed by atoms with Gasteiger partial charge in [0.15, 0.2) is 0 Å². The highest BCUT2D eigenvalue weighted by Gasteiger charge is 2.00. The summed E-state index contributed by atoms with van der Waals surface area (Å²) >= 11 is 5.50. The molecule has 1 rings (SSSR count). The van der Waals surface area contributed by atoms with E-state index in [1.54, 1.807) is 12.3 Å². The summed E-state index contributed by atoms with van der Waals surface area (Å²) in [5.74, 6) is 0. The molecule has 1 aromatic rings. The zero-order valence-corrected chi connectivity index (χ0v) is 7.17. The van der Waals surface area contributed by atoms with E-state index in [4.69, 9.17) is 11.6 Å². The van der Waals surface area contributed by atoms with Crippen molar-refractivity contribution in [1.29, 1.82) is 0 Å². The summed E-state index contributed by atoms with van der Waals surface area (Å²) in [5, 5.41) is 0.243. The molecule has 0 spiro atoms. The van der Waals surface area contributed by atoms with Crippen LogP contribution in [0.4, 0.5) is 0 Å². The average Bonchev–Trinajstić information content (AvgIpc) is 1.85. The Morgan fingerprint density at radius 3 is 2.73 bits per heavy atom. The number of rotatable bonds is 1. The van der Waals surface area contributed by atoms with Crippen molar-refractivity contribution in [2.75, 3.05) is 0 Å². The molecule has 1 heterocycles. The molecule has 0 unspecified atom stereocenters. The minimum absolute atomic E-state index is 0.132. The fourth-order valence-corrected chi connectivity index (χ4v) is 0.914. The average molecular weight is 173 g/mol. The highest BCUT2D eigenvalue weighted by Crippen LogP contribution is 2.02. The molecular formula is C7H9ClN2O. The van der Waals surface area contributed by atoms with Crippen LogP contribution >= 0.6 is 11.6 Å². The molecule has 0 aromatic carbocycles. The smallest absolute Gasteiger partial charge is 0.297 e. The lowest BCUT2D eigenvalue weighted by molar-refractivity contribution is 0.564. The van der Waals surface area contributed by atoms with E-state index in [2.05, 4.69) is 4.98 Å². The van der Waals surface area contributed by atoms with Gasteiger partial charge in [-0.1, -0.05) is 11.6 Å². The van der Waals surface area contributed by atoms with Gasteiger partial charge in [-0.3, -0.25) is 4.57 Å². The summed E-state index contributed by atoms with van der Waals surface area (Å²) in [6.07, 6.45) is 1.64. The number of halogens is 1. The molecule has 0 amide bonds. The van der Waals surface area contributed by atoms with Crippen molar-refractivity contribution in [3.8, 4) is 0 Å². The Labute approximate surface area is 69.6 Å². The second-order valence-electron chi connectivity index (χ2n) is 2.53. The molecule has 0 bridgehead atoms. The van der Waals surface area contributed by atoms with Gasteiger partial charge in [0.25, 0.3) is 0 Å². The van der Waals surface area contributed by atoms with E-state index in [0.717, 1.165) is 0 Å². The monoisotopic (exact) mass is 172 g/mol. The van der Waals surface area contributed by atoms with E-state index in [9.17, 15) is 4.79 Å². The van der Waals surface area contributed by atoms with E-state index in [1.807, 2.05) is 13.8 Å². The molecule has 0 aliphatic rings. The lowest BCUT2D eigenvalue weighted by atomic mass is 10.4. The Morgan fingerprint density at radius 2 is 2.27 bits per heavy atom. The Kier molecular flexibility index (Phi) is 2.29. The maximum atomic E-state index is 11.0. The van der Waals surface area contributed by atoms with E-state index >= 15 is 0 Å². The van der Waals surface area contributed by atoms with Crippen molar-refractivity contribution < 1.29 is 0 Å². The zero-order chi connectivity index (χ0) is 8.43. The van der Waals surface area contributed by atoms with Crippen molar-refractivity contribution in [3.05, 3.63) is 27.9 Å². The molecule has 1 aromatic heterocycles. The summed E-state index contributed by atoms with van der Waals surface area (Å²) in [6, 6.07) is 1.73. The fourth-order valence-electron chi connectivity index (χ4n) is 0.785.